The zero-order valence-corrected chi connectivity index (χ0v) is 12.4. The SMILES string of the molecule is CCOCC(C)(N)c1noc(-c2ccc(C)cc2C)n1. The third kappa shape index (κ3) is 3.05. The molecular formula is C15H21N3O2. The van der Waals surface area contributed by atoms with Crippen LogP contribution in [-0.2, 0) is 10.3 Å². The number of ether oxygens (including phenoxy) is 1. The van der Waals surface area contributed by atoms with Crippen molar-refractivity contribution in [2.75, 3.05) is 13.2 Å². The van der Waals surface area contributed by atoms with Crippen molar-refractivity contribution in [3.63, 3.8) is 0 Å². The van der Waals surface area contributed by atoms with Gasteiger partial charge in [0.15, 0.2) is 5.82 Å². The second-order valence-corrected chi connectivity index (χ2v) is 5.30. The molecule has 0 amide bonds. The maximum Gasteiger partial charge on any atom is 0.258 e. The first-order chi connectivity index (χ1) is 9.44. The fourth-order valence-electron chi connectivity index (χ4n) is 2.00. The van der Waals surface area contributed by atoms with Gasteiger partial charge in [-0.2, -0.15) is 4.98 Å². The fourth-order valence-corrected chi connectivity index (χ4v) is 2.00. The van der Waals surface area contributed by atoms with Gasteiger partial charge in [-0.1, -0.05) is 22.9 Å². The minimum atomic E-state index is -0.754. The summed E-state index contributed by atoms with van der Waals surface area (Å²) in [5.41, 5.74) is 8.65. The van der Waals surface area contributed by atoms with Crippen molar-refractivity contribution in [3.05, 3.63) is 35.2 Å². The topological polar surface area (TPSA) is 74.2 Å². The summed E-state index contributed by atoms with van der Waals surface area (Å²) in [6.07, 6.45) is 0. The lowest BCUT2D eigenvalue weighted by molar-refractivity contribution is 0.0962. The second kappa shape index (κ2) is 5.73. The van der Waals surface area contributed by atoms with E-state index >= 15 is 0 Å². The molecule has 0 spiro atoms. The van der Waals surface area contributed by atoms with Crippen LogP contribution in [0.5, 0.6) is 0 Å². The lowest BCUT2D eigenvalue weighted by Gasteiger charge is -2.19. The van der Waals surface area contributed by atoms with Crippen molar-refractivity contribution in [2.24, 2.45) is 5.73 Å². The molecule has 1 unspecified atom stereocenters. The molecule has 2 rings (SSSR count). The molecule has 0 fully saturated rings. The molecule has 5 nitrogen and oxygen atoms in total. The number of hydrogen-bond acceptors (Lipinski definition) is 5. The van der Waals surface area contributed by atoms with Crippen LogP contribution in [0.4, 0.5) is 0 Å². The van der Waals surface area contributed by atoms with E-state index < -0.39 is 5.54 Å². The number of nitrogens with two attached hydrogens (primary N) is 1. The minimum absolute atomic E-state index is 0.357. The third-order valence-electron chi connectivity index (χ3n) is 3.16. The summed E-state index contributed by atoms with van der Waals surface area (Å²) >= 11 is 0. The molecule has 1 heterocycles. The Morgan fingerprint density at radius 1 is 1.35 bits per heavy atom. The van der Waals surface area contributed by atoms with Crippen LogP contribution in [0.2, 0.25) is 0 Å². The quantitative estimate of drug-likeness (QED) is 0.907. The molecule has 1 aromatic carbocycles. The van der Waals surface area contributed by atoms with E-state index in [0.717, 1.165) is 11.1 Å². The van der Waals surface area contributed by atoms with E-state index in [9.17, 15) is 0 Å². The average molecular weight is 275 g/mol. The molecule has 0 bridgehead atoms. The minimum Gasteiger partial charge on any atom is -0.379 e. The summed E-state index contributed by atoms with van der Waals surface area (Å²) in [7, 11) is 0. The van der Waals surface area contributed by atoms with Crippen LogP contribution in [0.15, 0.2) is 22.7 Å². The Balaban J connectivity index is 2.28. The number of aryl methyl sites for hydroxylation is 2. The van der Waals surface area contributed by atoms with Crippen LogP contribution in [-0.4, -0.2) is 23.4 Å². The van der Waals surface area contributed by atoms with E-state index in [4.69, 9.17) is 15.0 Å². The molecular weight excluding hydrogens is 254 g/mol. The van der Waals surface area contributed by atoms with Crippen molar-refractivity contribution < 1.29 is 9.26 Å². The van der Waals surface area contributed by atoms with Gasteiger partial charge in [-0.05, 0) is 39.3 Å². The van der Waals surface area contributed by atoms with Crippen LogP contribution < -0.4 is 5.73 Å². The number of benzene rings is 1. The van der Waals surface area contributed by atoms with E-state index in [0.29, 0.717) is 24.9 Å². The third-order valence-corrected chi connectivity index (χ3v) is 3.16. The van der Waals surface area contributed by atoms with Gasteiger partial charge >= 0.3 is 0 Å². The Morgan fingerprint density at radius 3 is 2.75 bits per heavy atom. The van der Waals surface area contributed by atoms with E-state index in [1.165, 1.54) is 5.56 Å². The highest BCUT2D eigenvalue weighted by Crippen LogP contribution is 2.25. The number of nitrogens with zero attached hydrogens (tertiary/aromatic N) is 2. The van der Waals surface area contributed by atoms with Crippen molar-refractivity contribution in [2.45, 2.75) is 33.2 Å². The molecule has 0 radical (unpaired) electrons. The summed E-state index contributed by atoms with van der Waals surface area (Å²) in [5.74, 6) is 0.951. The van der Waals surface area contributed by atoms with Crippen LogP contribution in [0.25, 0.3) is 11.5 Å². The Morgan fingerprint density at radius 2 is 2.10 bits per heavy atom. The first kappa shape index (κ1) is 14.7. The zero-order valence-electron chi connectivity index (χ0n) is 12.4. The van der Waals surface area contributed by atoms with Gasteiger partial charge in [-0.25, -0.2) is 0 Å². The number of rotatable bonds is 5. The Hall–Kier alpha value is -1.72. The van der Waals surface area contributed by atoms with Gasteiger partial charge in [0.05, 0.1) is 6.61 Å². The largest absolute Gasteiger partial charge is 0.379 e. The molecule has 20 heavy (non-hydrogen) atoms. The molecule has 2 N–H and O–H groups in total. The maximum atomic E-state index is 6.17. The van der Waals surface area contributed by atoms with E-state index in [1.54, 1.807) is 0 Å². The maximum absolute atomic E-state index is 6.17. The molecule has 2 aromatic rings. The Kier molecular flexibility index (Phi) is 4.20. The van der Waals surface area contributed by atoms with Crippen LogP contribution in [0, 0.1) is 13.8 Å². The van der Waals surface area contributed by atoms with Gasteiger partial charge in [0.1, 0.15) is 5.54 Å². The van der Waals surface area contributed by atoms with Gasteiger partial charge in [0.2, 0.25) is 0 Å². The lowest BCUT2D eigenvalue weighted by atomic mass is 10.0. The first-order valence-corrected chi connectivity index (χ1v) is 6.72. The first-order valence-electron chi connectivity index (χ1n) is 6.72. The molecule has 108 valence electrons. The lowest BCUT2D eigenvalue weighted by Crippen LogP contribution is -2.39. The van der Waals surface area contributed by atoms with Crippen LogP contribution >= 0.6 is 0 Å². The fraction of sp³-hybridized carbons (Fsp3) is 0.467. The van der Waals surface area contributed by atoms with Crippen LogP contribution in [0.1, 0.15) is 30.8 Å². The van der Waals surface area contributed by atoms with E-state index in [-0.39, 0.29) is 0 Å². The van der Waals surface area contributed by atoms with Gasteiger partial charge in [-0.3, -0.25) is 0 Å². The molecule has 0 saturated heterocycles. The van der Waals surface area contributed by atoms with Crippen molar-refractivity contribution in [1.82, 2.24) is 10.1 Å². The van der Waals surface area contributed by atoms with Gasteiger partial charge < -0.3 is 15.0 Å². The molecule has 1 aromatic heterocycles. The highest BCUT2D eigenvalue weighted by Gasteiger charge is 2.28. The standard InChI is InChI=1S/C15H21N3O2/c1-5-19-9-15(4,16)14-17-13(20-18-14)12-7-6-10(2)8-11(12)3/h6-8H,5,9,16H2,1-4H3. The number of aromatic nitrogens is 2. The van der Waals surface area contributed by atoms with Crippen LogP contribution in [0.3, 0.4) is 0 Å². The normalized spacial score (nSPS) is 14.2. The number of hydrogen-bond donors (Lipinski definition) is 1. The van der Waals surface area contributed by atoms with Gasteiger partial charge in [-0.15, -0.1) is 0 Å². The monoisotopic (exact) mass is 275 g/mol. The summed E-state index contributed by atoms with van der Waals surface area (Å²) < 4.78 is 10.7. The molecule has 0 aliphatic rings. The molecule has 1 atom stereocenters. The molecule has 0 saturated carbocycles. The highest BCUT2D eigenvalue weighted by molar-refractivity contribution is 5.58. The summed E-state index contributed by atoms with van der Waals surface area (Å²) in [6, 6.07) is 6.09. The van der Waals surface area contributed by atoms with Crippen molar-refractivity contribution in [1.29, 1.82) is 0 Å². The van der Waals surface area contributed by atoms with Crippen molar-refractivity contribution >= 4 is 0 Å². The smallest absolute Gasteiger partial charge is 0.258 e. The Labute approximate surface area is 119 Å². The van der Waals surface area contributed by atoms with Gasteiger partial charge in [0.25, 0.3) is 5.89 Å². The molecule has 0 aliphatic carbocycles. The Bertz CT molecular complexity index is 591. The average Bonchev–Trinajstić information content (AvgIpc) is 2.86. The summed E-state index contributed by atoms with van der Waals surface area (Å²) in [6.45, 7) is 8.79. The van der Waals surface area contributed by atoms with Crippen molar-refractivity contribution in [3.8, 4) is 11.5 Å². The van der Waals surface area contributed by atoms with E-state index in [2.05, 4.69) is 23.1 Å². The predicted molar refractivity (Wildman–Crippen MR) is 77.2 cm³/mol. The molecule has 0 aliphatic heterocycles. The molecule has 5 heteroatoms. The second-order valence-electron chi connectivity index (χ2n) is 5.30. The summed E-state index contributed by atoms with van der Waals surface area (Å²) in [4.78, 5) is 4.41. The zero-order chi connectivity index (χ0) is 14.8. The predicted octanol–water partition coefficient (Wildman–Crippen LogP) is 2.56. The summed E-state index contributed by atoms with van der Waals surface area (Å²) in [5, 5.41) is 3.99. The highest BCUT2D eigenvalue weighted by atomic mass is 16.5. The van der Waals surface area contributed by atoms with E-state index in [1.807, 2.05) is 32.9 Å². The van der Waals surface area contributed by atoms with Gasteiger partial charge in [0, 0.05) is 12.2 Å².